The summed E-state index contributed by atoms with van der Waals surface area (Å²) in [6.45, 7) is 4.11. The number of halogens is 1. The van der Waals surface area contributed by atoms with Gasteiger partial charge in [0.25, 0.3) is 0 Å². The highest BCUT2D eigenvalue weighted by Gasteiger charge is 2.17. The van der Waals surface area contributed by atoms with Gasteiger partial charge in [0.2, 0.25) is 0 Å². The topological polar surface area (TPSA) is 41.5 Å². The Morgan fingerprint density at radius 1 is 1.53 bits per heavy atom. The maximum Gasteiger partial charge on any atom is 0.127 e. The van der Waals surface area contributed by atoms with Crippen LogP contribution in [0.3, 0.4) is 0 Å². The molecule has 17 heavy (non-hydrogen) atoms. The molecule has 0 fully saturated rings. The maximum absolute atomic E-state index is 9.48. The van der Waals surface area contributed by atoms with Crippen molar-refractivity contribution >= 4 is 15.9 Å². The van der Waals surface area contributed by atoms with Gasteiger partial charge in [-0.05, 0) is 24.1 Å². The first-order valence-electron chi connectivity index (χ1n) is 6.03. The predicted octanol–water partition coefficient (Wildman–Crippen LogP) is 2.24. The van der Waals surface area contributed by atoms with E-state index >= 15 is 0 Å². The first-order valence-corrected chi connectivity index (χ1v) is 6.83. The minimum absolute atomic E-state index is 0.267. The number of aliphatic hydroxyl groups excluding tert-OH is 1. The van der Waals surface area contributed by atoms with Gasteiger partial charge in [-0.15, -0.1) is 0 Å². The Kier molecular flexibility index (Phi) is 4.42. The van der Waals surface area contributed by atoms with E-state index in [-0.39, 0.29) is 6.10 Å². The van der Waals surface area contributed by atoms with Gasteiger partial charge < -0.3 is 15.2 Å². The van der Waals surface area contributed by atoms with Crippen LogP contribution in [0.4, 0.5) is 0 Å². The fraction of sp³-hybridized carbons (Fsp3) is 0.538. The maximum atomic E-state index is 9.48. The Hall–Kier alpha value is -0.580. The number of rotatable bonds is 5. The Balaban J connectivity index is 2.01. The third-order valence-corrected chi connectivity index (χ3v) is 3.45. The van der Waals surface area contributed by atoms with Crippen molar-refractivity contribution in [3.8, 4) is 5.75 Å². The molecule has 0 radical (unpaired) electrons. The summed E-state index contributed by atoms with van der Waals surface area (Å²) >= 11 is 3.52. The number of fused-ring (bicyclic) bond motifs is 1. The Bertz CT molecular complexity index is 395. The van der Waals surface area contributed by atoms with Crippen molar-refractivity contribution < 1.29 is 9.84 Å². The van der Waals surface area contributed by atoms with Crippen molar-refractivity contribution in [2.45, 2.75) is 32.4 Å². The van der Waals surface area contributed by atoms with Gasteiger partial charge in [0, 0.05) is 29.5 Å². The van der Waals surface area contributed by atoms with E-state index in [9.17, 15) is 5.11 Å². The summed E-state index contributed by atoms with van der Waals surface area (Å²) in [5.41, 5.74) is 2.43. The van der Waals surface area contributed by atoms with Crippen molar-refractivity contribution in [2.75, 3.05) is 13.2 Å². The molecule has 1 aliphatic heterocycles. The molecule has 0 amide bonds. The van der Waals surface area contributed by atoms with Crippen LogP contribution in [0.15, 0.2) is 16.6 Å². The van der Waals surface area contributed by atoms with Crippen molar-refractivity contribution in [1.82, 2.24) is 5.32 Å². The van der Waals surface area contributed by atoms with E-state index in [1.54, 1.807) is 0 Å². The van der Waals surface area contributed by atoms with Gasteiger partial charge >= 0.3 is 0 Å². The molecule has 3 nitrogen and oxygen atoms in total. The zero-order valence-electron chi connectivity index (χ0n) is 10.0. The summed E-state index contributed by atoms with van der Waals surface area (Å²) in [7, 11) is 0. The Morgan fingerprint density at radius 2 is 2.35 bits per heavy atom. The lowest BCUT2D eigenvalue weighted by Crippen LogP contribution is -2.25. The quantitative estimate of drug-likeness (QED) is 0.876. The van der Waals surface area contributed by atoms with E-state index in [4.69, 9.17) is 4.74 Å². The lowest BCUT2D eigenvalue weighted by atomic mass is 10.1. The highest BCUT2D eigenvalue weighted by Crippen LogP contribution is 2.32. The van der Waals surface area contributed by atoms with Crippen LogP contribution in [0, 0.1) is 0 Å². The fourth-order valence-corrected chi connectivity index (χ4v) is 2.55. The van der Waals surface area contributed by atoms with Crippen LogP contribution in [-0.2, 0) is 13.0 Å². The van der Waals surface area contributed by atoms with Crippen LogP contribution in [0.2, 0.25) is 0 Å². The average Bonchev–Trinajstić information content (AvgIpc) is 2.76. The van der Waals surface area contributed by atoms with Crippen LogP contribution >= 0.6 is 15.9 Å². The third-order valence-electron chi connectivity index (χ3n) is 2.99. The second-order valence-corrected chi connectivity index (χ2v) is 5.26. The second-order valence-electron chi connectivity index (χ2n) is 4.34. The van der Waals surface area contributed by atoms with Crippen molar-refractivity contribution in [3.63, 3.8) is 0 Å². The van der Waals surface area contributed by atoms with Crippen molar-refractivity contribution in [1.29, 1.82) is 0 Å². The van der Waals surface area contributed by atoms with Crippen LogP contribution in [0.1, 0.15) is 24.5 Å². The van der Waals surface area contributed by atoms with Gasteiger partial charge in [-0.25, -0.2) is 0 Å². The molecule has 0 saturated carbocycles. The first kappa shape index (κ1) is 12.9. The molecule has 1 aliphatic rings. The Labute approximate surface area is 110 Å². The molecular weight excluding hydrogens is 282 g/mol. The number of ether oxygens (including phenoxy) is 1. The molecule has 0 spiro atoms. The average molecular weight is 300 g/mol. The molecule has 1 aromatic carbocycles. The molecule has 1 unspecified atom stereocenters. The zero-order valence-corrected chi connectivity index (χ0v) is 11.6. The summed E-state index contributed by atoms with van der Waals surface area (Å²) in [5.74, 6) is 1.02. The van der Waals surface area contributed by atoms with E-state index in [0.29, 0.717) is 6.54 Å². The number of aliphatic hydroxyl groups is 1. The number of hydrogen-bond acceptors (Lipinski definition) is 3. The van der Waals surface area contributed by atoms with Crippen LogP contribution in [0.25, 0.3) is 0 Å². The monoisotopic (exact) mass is 299 g/mol. The number of nitrogens with one attached hydrogen (secondary N) is 1. The van der Waals surface area contributed by atoms with Gasteiger partial charge in [-0.2, -0.15) is 0 Å². The molecular formula is C13H18BrNO2. The second kappa shape index (κ2) is 5.85. The Morgan fingerprint density at radius 3 is 3.12 bits per heavy atom. The molecule has 1 heterocycles. The summed E-state index contributed by atoms with van der Waals surface area (Å²) in [6.07, 6.45) is 1.50. The number of benzene rings is 1. The smallest absolute Gasteiger partial charge is 0.127 e. The van der Waals surface area contributed by atoms with Gasteiger partial charge in [0.1, 0.15) is 5.75 Å². The third kappa shape index (κ3) is 3.21. The lowest BCUT2D eigenvalue weighted by molar-refractivity contribution is 0.167. The molecule has 0 bridgehead atoms. The van der Waals surface area contributed by atoms with Crippen LogP contribution in [0.5, 0.6) is 5.75 Å². The largest absolute Gasteiger partial charge is 0.493 e. The highest BCUT2D eigenvalue weighted by atomic mass is 79.9. The van der Waals surface area contributed by atoms with Gasteiger partial charge in [0.15, 0.2) is 0 Å². The van der Waals surface area contributed by atoms with Gasteiger partial charge in [-0.3, -0.25) is 0 Å². The van der Waals surface area contributed by atoms with E-state index in [0.717, 1.165) is 41.8 Å². The summed E-state index contributed by atoms with van der Waals surface area (Å²) < 4.78 is 6.74. The predicted molar refractivity (Wildman–Crippen MR) is 71.3 cm³/mol. The zero-order chi connectivity index (χ0) is 12.3. The summed E-state index contributed by atoms with van der Waals surface area (Å²) in [6, 6.07) is 4.20. The van der Waals surface area contributed by atoms with E-state index < -0.39 is 0 Å². The van der Waals surface area contributed by atoms with Crippen molar-refractivity contribution in [2.24, 2.45) is 0 Å². The fourth-order valence-electron chi connectivity index (χ4n) is 2.00. The molecule has 0 aliphatic carbocycles. The number of hydrogen-bond donors (Lipinski definition) is 2. The summed E-state index contributed by atoms with van der Waals surface area (Å²) in [4.78, 5) is 0. The van der Waals surface area contributed by atoms with Crippen molar-refractivity contribution in [3.05, 3.63) is 27.7 Å². The molecule has 2 N–H and O–H groups in total. The molecule has 0 aromatic heterocycles. The van der Waals surface area contributed by atoms with Gasteiger partial charge in [0.05, 0.1) is 12.7 Å². The first-order chi connectivity index (χ1) is 8.20. The molecule has 1 atom stereocenters. The summed E-state index contributed by atoms with van der Waals surface area (Å²) in [5, 5.41) is 12.7. The minimum Gasteiger partial charge on any atom is -0.493 e. The lowest BCUT2D eigenvalue weighted by Gasteiger charge is -2.12. The van der Waals surface area contributed by atoms with E-state index in [1.807, 2.05) is 6.92 Å². The molecule has 0 saturated heterocycles. The molecule has 94 valence electrons. The van der Waals surface area contributed by atoms with Crippen LogP contribution < -0.4 is 10.1 Å². The molecule has 1 aromatic rings. The standard InChI is InChI=1S/C13H18BrNO2/c1-2-12(16)8-15-7-10-6-11(14)5-9-3-4-17-13(9)10/h5-6,12,15-16H,2-4,7-8H2,1H3. The molecule has 2 rings (SSSR count). The normalized spacial score (nSPS) is 15.5. The SMILES string of the molecule is CCC(O)CNCc1cc(Br)cc2c1OCC2. The van der Waals surface area contributed by atoms with Crippen LogP contribution in [-0.4, -0.2) is 24.4 Å². The van der Waals surface area contributed by atoms with Gasteiger partial charge in [-0.1, -0.05) is 22.9 Å². The highest BCUT2D eigenvalue weighted by molar-refractivity contribution is 9.10. The minimum atomic E-state index is -0.267. The van der Waals surface area contributed by atoms with E-state index in [2.05, 4.69) is 33.4 Å². The van der Waals surface area contributed by atoms with E-state index in [1.165, 1.54) is 5.56 Å². The molecule has 4 heteroatoms.